The number of carbonyl (C=O) groups is 2. The van der Waals surface area contributed by atoms with Crippen molar-refractivity contribution in [3.8, 4) is 0 Å². The molecule has 3 aromatic rings. The van der Waals surface area contributed by atoms with Crippen LogP contribution in [0.2, 0.25) is 5.02 Å². The molecule has 2 aliphatic rings. The number of benzene rings is 1. The zero-order valence-electron chi connectivity index (χ0n) is 19.7. The molecule has 5 rings (SSSR count). The van der Waals surface area contributed by atoms with Crippen molar-refractivity contribution in [2.24, 2.45) is 0 Å². The zero-order chi connectivity index (χ0) is 24.7. The number of rotatable bonds is 5. The van der Waals surface area contributed by atoms with E-state index >= 15 is 0 Å². The Bertz CT molecular complexity index is 1340. The van der Waals surface area contributed by atoms with Gasteiger partial charge in [0.2, 0.25) is 0 Å². The molecule has 9 heteroatoms. The first-order valence-corrected chi connectivity index (χ1v) is 12.0. The van der Waals surface area contributed by atoms with Crippen LogP contribution in [0.25, 0.3) is 11.4 Å². The minimum Gasteiger partial charge on any atom is -0.505 e. The number of aliphatic hydroxyl groups is 1. The third-order valence-electron chi connectivity index (χ3n) is 6.77. The molecule has 0 spiro atoms. The van der Waals surface area contributed by atoms with E-state index in [1.54, 1.807) is 18.2 Å². The Kier molecular flexibility index (Phi) is 6.35. The summed E-state index contributed by atoms with van der Waals surface area (Å²) in [7, 11) is 0. The van der Waals surface area contributed by atoms with Crippen LogP contribution >= 0.6 is 11.6 Å². The monoisotopic (exact) mass is 494 g/mol. The smallest absolute Gasteiger partial charge is 0.295 e. The summed E-state index contributed by atoms with van der Waals surface area (Å²) >= 11 is 6.28. The minimum absolute atomic E-state index is 0.0309. The standard InChI is InChI=1S/C26H27ClN4O4/c1-16-5-4-8-30-17(2)21(28-25(16)30)23(32)20-22(18-6-3-7-19(27)15-18)31(26(34)24(20)33)10-9-29-11-13-35-14-12-29/h3-8,15,22,32H,9-14H2,1-2H3. The fourth-order valence-corrected chi connectivity index (χ4v) is 5.08. The average molecular weight is 495 g/mol. The second-order valence-corrected chi connectivity index (χ2v) is 9.37. The van der Waals surface area contributed by atoms with E-state index < -0.39 is 17.7 Å². The Labute approximate surface area is 208 Å². The largest absolute Gasteiger partial charge is 0.505 e. The fourth-order valence-electron chi connectivity index (χ4n) is 4.88. The molecule has 0 aliphatic carbocycles. The number of ether oxygens (including phenoxy) is 1. The van der Waals surface area contributed by atoms with Crippen LogP contribution in [0.1, 0.15) is 28.6 Å². The highest BCUT2D eigenvalue weighted by molar-refractivity contribution is 6.46. The molecule has 182 valence electrons. The topological polar surface area (TPSA) is 87.4 Å². The number of aryl methyl sites for hydroxylation is 2. The Morgan fingerprint density at radius 1 is 1.14 bits per heavy atom. The van der Waals surface area contributed by atoms with Gasteiger partial charge in [-0.2, -0.15) is 0 Å². The molecule has 2 saturated heterocycles. The van der Waals surface area contributed by atoms with Gasteiger partial charge in [0.15, 0.2) is 5.76 Å². The van der Waals surface area contributed by atoms with Crippen LogP contribution in [0, 0.1) is 13.8 Å². The zero-order valence-corrected chi connectivity index (χ0v) is 20.5. The van der Waals surface area contributed by atoms with Gasteiger partial charge in [-0.25, -0.2) is 4.98 Å². The molecular weight excluding hydrogens is 468 g/mol. The highest BCUT2D eigenvalue weighted by atomic mass is 35.5. The van der Waals surface area contributed by atoms with E-state index in [-0.39, 0.29) is 17.0 Å². The lowest BCUT2D eigenvalue weighted by Gasteiger charge is -2.31. The van der Waals surface area contributed by atoms with Crippen molar-refractivity contribution >= 4 is 34.7 Å². The van der Waals surface area contributed by atoms with E-state index in [1.165, 1.54) is 4.90 Å². The summed E-state index contributed by atoms with van der Waals surface area (Å²) in [5.74, 6) is -1.63. The summed E-state index contributed by atoms with van der Waals surface area (Å²) in [5, 5.41) is 11.9. The van der Waals surface area contributed by atoms with Gasteiger partial charge in [-0.3, -0.25) is 14.5 Å². The lowest BCUT2D eigenvalue weighted by molar-refractivity contribution is -0.140. The van der Waals surface area contributed by atoms with E-state index in [0.717, 1.165) is 18.7 Å². The summed E-state index contributed by atoms with van der Waals surface area (Å²) in [4.78, 5) is 34.9. The fraction of sp³-hybridized carbons (Fsp3) is 0.346. The molecule has 0 bridgehead atoms. The molecule has 2 aromatic heterocycles. The quantitative estimate of drug-likeness (QED) is 0.332. The Morgan fingerprint density at radius 2 is 1.91 bits per heavy atom. The van der Waals surface area contributed by atoms with Crippen LogP contribution in [0.15, 0.2) is 48.2 Å². The molecule has 1 N–H and O–H groups in total. The van der Waals surface area contributed by atoms with E-state index in [0.29, 0.717) is 48.2 Å². The number of amides is 1. The van der Waals surface area contributed by atoms with Crippen molar-refractivity contribution in [2.75, 3.05) is 39.4 Å². The average Bonchev–Trinajstić information content (AvgIpc) is 3.33. The van der Waals surface area contributed by atoms with Crippen LogP contribution in [-0.2, 0) is 14.3 Å². The normalized spacial score (nSPS) is 20.8. The molecule has 1 unspecified atom stereocenters. The number of morpholine rings is 1. The number of halogens is 1. The van der Waals surface area contributed by atoms with Gasteiger partial charge in [0.1, 0.15) is 11.3 Å². The van der Waals surface area contributed by atoms with E-state index in [2.05, 4.69) is 9.88 Å². The Hall–Kier alpha value is -3.20. The maximum atomic E-state index is 13.3. The number of aromatic nitrogens is 2. The first-order chi connectivity index (χ1) is 16.9. The van der Waals surface area contributed by atoms with Gasteiger partial charge in [-0.1, -0.05) is 29.8 Å². The number of imidazole rings is 1. The molecule has 0 radical (unpaired) electrons. The third kappa shape index (κ3) is 4.22. The molecule has 8 nitrogen and oxygen atoms in total. The second kappa shape index (κ2) is 9.45. The van der Waals surface area contributed by atoms with Crippen molar-refractivity contribution in [1.29, 1.82) is 0 Å². The predicted octanol–water partition coefficient (Wildman–Crippen LogP) is 3.36. The lowest BCUT2D eigenvalue weighted by atomic mass is 9.96. The second-order valence-electron chi connectivity index (χ2n) is 8.93. The number of ketones is 1. The molecule has 0 saturated carbocycles. The molecule has 4 heterocycles. The third-order valence-corrected chi connectivity index (χ3v) is 7.01. The molecule has 1 aromatic carbocycles. The first kappa shape index (κ1) is 23.5. The summed E-state index contributed by atoms with van der Waals surface area (Å²) in [6.07, 6.45) is 1.86. The Balaban J connectivity index is 1.61. The van der Waals surface area contributed by atoms with E-state index in [4.69, 9.17) is 16.3 Å². The molecule has 35 heavy (non-hydrogen) atoms. The number of aliphatic hydroxyl groups excluding tert-OH is 1. The first-order valence-electron chi connectivity index (χ1n) is 11.7. The van der Waals surface area contributed by atoms with Gasteiger partial charge in [0, 0.05) is 37.4 Å². The number of Topliss-reactive ketones (excluding diaryl/α,β-unsaturated/α-hetero) is 1. The predicted molar refractivity (Wildman–Crippen MR) is 132 cm³/mol. The summed E-state index contributed by atoms with van der Waals surface area (Å²) in [6, 6.07) is 10.1. The highest BCUT2D eigenvalue weighted by Crippen LogP contribution is 2.40. The van der Waals surface area contributed by atoms with Gasteiger partial charge in [0.05, 0.1) is 30.5 Å². The number of carbonyl (C=O) groups excluding carboxylic acids is 2. The number of fused-ring (bicyclic) bond motifs is 1. The lowest BCUT2D eigenvalue weighted by Crippen LogP contribution is -2.42. The molecule has 2 fully saturated rings. The minimum atomic E-state index is -0.764. The maximum Gasteiger partial charge on any atom is 0.295 e. The van der Waals surface area contributed by atoms with E-state index in [9.17, 15) is 14.7 Å². The molecule has 1 amide bonds. The molecule has 1 atom stereocenters. The highest BCUT2D eigenvalue weighted by Gasteiger charge is 2.46. The van der Waals surface area contributed by atoms with Crippen LogP contribution in [0.5, 0.6) is 0 Å². The number of hydrogen-bond acceptors (Lipinski definition) is 6. The van der Waals surface area contributed by atoms with Crippen molar-refractivity contribution in [2.45, 2.75) is 19.9 Å². The summed E-state index contributed by atoms with van der Waals surface area (Å²) in [6.45, 7) is 7.52. The van der Waals surface area contributed by atoms with Gasteiger partial charge < -0.3 is 19.1 Å². The number of hydrogen-bond donors (Lipinski definition) is 1. The summed E-state index contributed by atoms with van der Waals surface area (Å²) in [5.41, 5.74) is 3.30. The van der Waals surface area contributed by atoms with Crippen LogP contribution < -0.4 is 0 Å². The number of pyridine rings is 1. The van der Waals surface area contributed by atoms with Crippen molar-refractivity contribution < 1.29 is 19.4 Å². The number of nitrogens with zero attached hydrogens (tertiary/aromatic N) is 4. The maximum absolute atomic E-state index is 13.3. The van der Waals surface area contributed by atoms with Gasteiger partial charge in [0.25, 0.3) is 11.7 Å². The molecular formula is C26H27ClN4O4. The van der Waals surface area contributed by atoms with Crippen LogP contribution in [0.3, 0.4) is 0 Å². The number of likely N-dealkylation sites (tertiary alicyclic amines) is 1. The van der Waals surface area contributed by atoms with Crippen molar-refractivity contribution in [1.82, 2.24) is 19.2 Å². The van der Waals surface area contributed by atoms with Gasteiger partial charge in [-0.05, 0) is 43.2 Å². The van der Waals surface area contributed by atoms with E-state index in [1.807, 2.05) is 42.6 Å². The SMILES string of the molecule is Cc1cccn2c(C)c(C(O)=C3C(=O)C(=O)N(CCN4CCOCC4)C3c3cccc(Cl)c3)nc12. The van der Waals surface area contributed by atoms with Crippen molar-refractivity contribution in [3.63, 3.8) is 0 Å². The summed E-state index contributed by atoms with van der Waals surface area (Å²) < 4.78 is 7.28. The van der Waals surface area contributed by atoms with Crippen LogP contribution in [-0.4, -0.2) is 75.4 Å². The van der Waals surface area contributed by atoms with Gasteiger partial charge in [-0.15, -0.1) is 0 Å². The van der Waals surface area contributed by atoms with Crippen molar-refractivity contribution in [3.05, 3.63) is 75.7 Å². The van der Waals surface area contributed by atoms with Gasteiger partial charge >= 0.3 is 0 Å². The molecule has 2 aliphatic heterocycles. The Morgan fingerprint density at radius 3 is 2.63 bits per heavy atom. The van der Waals surface area contributed by atoms with Crippen LogP contribution in [0.4, 0.5) is 0 Å².